The molecule has 1 aliphatic heterocycles. The molecule has 1 saturated heterocycles. The lowest BCUT2D eigenvalue weighted by atomic mass is 10.1. The Morgan fingerprint density at radius 1 is 1.31 bits per heavy atom. The summed E-state index contributed by atoms with van der Waals surface area (Å²) in [5.74, 6) is 1.10. The summed E-state index contributed by atoms with van der Waals surface area (Å²) in [7, 11) is 5.33. The Hall–Kier alpha value is -1.54. The molecule has 1 rings (SSSR count). The molecule has 0 radical (unpaired) electrons. The second kappa shape index (κ2) is 12.9. The number of methoxy groups -OCH3 is 1. The van der Waals surface area contributed by atoms with Crippen molar-refractivity contribution in [2.24, 2.45) is 10.9 Å². The third kappa shape index (κ3) is 11.3. The maximum atomic E-state index is 12.1. The van der Waals surface area contributed by atoms with Crippen LogP contribution in [0.2, 0.25) is 0 Å². The van der Waals surface area contributed by atoms with Crippen molar-refractivity contribution in [1.82, 2.24) is 20.4 Å². The van der Waals surface area contributed by atoms with Crippen molar-refractivity contribution in [2.75, 3.05) is 60.5 Å². The molecular formula is C21H43N5O3. The van der Waals surface area contributed by atoms with Crippen molar-refractivity contribution in [3.05, 3.63) is 0 Å². The van der Waals surface area contributed by atoms with Crippen LogP contribution in [0.25, 0.3) is 0 Å². The summed E-state index contributed by atoms with van der Waals surface area (Å²) in [6, 6.07) is 0.444. The van der Waals surface area contributed by atoms with E-state index in [1.807, 2.05) is 20.8 Å². The molecule has 0 aliphatic carbocycles. The SMILES string of the molecule is CN=C(NCC(C)CN(C)C(=O)OC(C)(C)C)NC1CCN(CCCOC)CC1. The zero-order valence-electron chi connectivity index (χ0n) is 19.6. The van der Waals surface area contributed by atoms with Gasteiger partial charge >= 0.3 is 6.09 Å². The molecule has 1 atom stereocenters. The quantitative estimate of drug-likeness (QED) is 0.343. The smallest absolute Gasteiger partial charge is 0.410 e. The highest BCUT2D eigenvalue weighted by Gasteiger charge is 2.22. The van der Waals surface area contributed by atoms with Gasteiger partial charge in [-0.15, -0.1) is 0 Å². The number of amides is 1. The number of hydrogen-bond acceptors (Lipinski definition) is 5. The zero-order chi connectivity index (χ0) is 21.9. The molecule has 1 aliphatic rings. The minimum absolute atomic E-state index is 0.272. The number of likely N-dealkylation sites (tertiary alicyclic amines) is 1. The summed E-state index contributed by atoms with van der Waals surface area (Å²) in [4.78, 5) is 20.6. The van der Waals surface area contributed by atoms with Gasteiger partial charge < -0.3 is 29.9 Å². The Kier molecular flexibility index (Phi) is 11.3. The second-order valence-corrected chi connectivity index (χ2v) is 9.03. The minimum Gasteiger partial charge on any atom is -0.444 e. The van der Waals surface area contributed by atoms with Crippen LogP contribution in [0.4, 0.5) is 4.79 Å². The Balaban J connectivity index is 2.29. The minimum atomic E-state index is -0.474. The fourth-order valence-electron chi connectivity index (χ4n) is 3.34. The van der Waals surface area contributed by atoms with Crippen LogP contribution in [-0.4, -0.2) is 94.0 Å². The highest BCUT2D eigenvalue weighted by molar-refractivity contribution is 5.80. The molecule has 0 spiro atoms. The van der Waals surface area contributed by atoms with E-state index in [1.165, 1.54) is 0 Å². The van der Waals surface area contributed by atoms with Gasteiger partial charge in [0.15, 0.2) is 5.96 Å². The van der Waals surface area contributed by atoms with E-state index in [-0.39, 0.29) is 12.0 Å². The van der Waals surface area contributed by atoms with Gasteiger partial charge in [-0.1, -0.05) is 6.92 Å². The van der Waals surface area contributed by atoms with Gasteiger partial charge in [0.05, 0.1) is 0 Å². The Morgan fingerprint density at radius 2 is 1.97 bits per heavy atom. The number of guanidine groups is 1. The number of nitrogens with zero attached hydrogens (tertiary/aromatic N) is 3. The Bertz CT molecular complexity index is 499. The molecule has 0 aromatic rings. The summed E-state index contributed by atoms with van der Waals surface area (Å²) < 4.78 is 10.5. The number of carbonyl (C=O) groups is 1. The van der Waals surface area contributed by atoms with Crippen LogP contribution in [0, 0.1) is 5.92 Å². The van der Waals surface area contributed by atoms with Crippen molar-refractivity contribution >= 4 is 12.1 Å². The number of piperidine rings is 1. The number of nitrogens with one attached hydrogen (secondary N) is 2. The number of carbonyl (C=O) groups excluding carboxylic acids is 1. The molecule has 2 N–H and O–H groups in total. The lowest BCUT2D eigenvalue weighted by Crippen LogP contribution is -2.50. The standard InChI is InChI=1S/C21H43N5O3/c1-17(16-25(6)20(27)29-21(2,3)4)15-23-19(22-5)24-18-9-12-26(13-10-18)11-8-14-28-7/h17-18H,8-16H2,1-7H3,(H2,22,23,24). The molecular weight excluding hydrogens is 370 g/mol. The van der Waals surface area contributed by atoms with Crippen LogP contribution in [0.5, 0.6) is 0 Å². The van der Waals surface area contributed by atoms with Gasteiger partial charge in [0.25, 0.3) is 0 Å². The average molecular weight is 414 g/mol. The van der Waals surface area contributed by atoms with Crippen molar-refractivity contribution in [3.8, 4) is 0 Å². The summed E-state index contributed by atoms with van der Waals surface area (Å²) in [6.07, 6.45) is 3.03. The molecule has 8 nitrogen and oxygen atoms in total. The first kappa shape index (κ1) is 25.5. The fraction of sp³-hybridized carbons (Fsp3) is 0.905. The normalized spacial score (nSPS) is 17.7. The van der Waals surface area contributed by atoms with Gasteiger partial charge in [-0.2, -0.15) is 0 Å². The van der Waals surface area contributed by atoms with E-state index < -0.39 is 5.60 Å². The van der Waals surface area contributed by atoms with Crippen LogP contribution < -0.4 is 10.6 Å². The number of hydrogen-bond donors (Lipinski definition) is 2. The number of aliphatic imine (C=N–C) groups is 1. The molecule has 29 heavy (non-hydrogen) atoms. The van der Waals surface area contributed by atoms with Gasteiger partial charge in [-0.25, -0.2) is 4.79 Å². The number of ether oxygens (including phenoxy) is 2. The van der Waals surface area contributed by atoms with Gasteiger partial charge in [0.1, 0.15) is 5.60 Å². The highest BCUT2D eigenvalue weighted by Crippen LogP contribution is 2.11. The van der Waals surface area contributed by atoms with E-state index in [1.54, 1.807) is 26.1 Å². The highest BCUT2D eigenvalue weighted by atomic mass is 16.6. The summed E-state index contributed by atoms with van der Waals surface area (Å²) in [6.45, 7) is 13.3. The first-order chi connectivity index (χ1) is 13.6. The number of rotatable bonds is 9. The third-order valence-electron chi connectivity index (χ3n) is 4.88. The summed E-state index contributed by atoms with van der Waals surface area (Å²) in [5, 5.41) is 6.93. The molecule has 0 bridgehead atoms. The van der Waals surface area contributed by atoms with E-state index in [9.17, 15) is 4.79 Å². The molecule has 0 aromatic heterocycles. The predicted molar refractivity (Wildman–Crippen MR) is 118 cm³/mol. The third-order valence-corrected chi connectivity index (χ3v) is 4.88. The largest absolute Gasteiger partial charge is 0.444 e. The maximum Gasteiger partial charge on any atom is 0.410 e. The van der Waals surface area contributed by atoms with E-state index in [0.29, 0.717) is 12.6 Å². The second-order valence-electron chi connectivity index (χ2n) is 9.03. The zero-order valence-corrected chi connectivity index (χ0v) is 19.6. The maximum absolute atomic E-state index is 12.1. The van der Waals surface area contributed by atoms with Crippen molar-refractivity contribution in [1.29, 1.82) is 0 Å². The van der Waals surface area contributed by atoms with Gasteiger partial charge in [-0.05, 0) is 46.0 Å². The van der Waals surface area contributed by atoms with Gasteiger partial charge in [0, 0.05) is 66.6 Å². The molecule has 1 heterocycles. The first-order valence-corrected chi connectivity index (χ1v) is 10.8. The molecule has 1 amide bonds. The summed E-state index contributed by atoms with van der Waals surface area (Å²) in [5.41, 5.74) is -0.474. The van der Waals surface area contributed by atoms with E-state index in [2.05, 4.69) is 27.4 Å². The molecule has 170 valence electrons. The van der Waals surface area contributed by atoms with Crippen LogP contribution >= 0.6 is 0 Å². The molecule has 1 fully saturated rings. The van der Waals surface area contributed by atoms with Crippen LogP contribution in [0.3, 0.4) is 0 Å². The van der Waals surface area contributed by atoms with Crippen LogP contribution in [0.1, 0.15) is 47.0 Å². The lowest BCUT2D eigenvalue weighted by Gasteiger charge is -2.33. The molecule has 0 saturated carbocycles. The lowest BCUT2D eigenvalue weighted by molar-refractivity contribution is 0.0278. The summed E-state index contributed by atoms with van der Waals surface area (Å²) >= 11 is 0. The Labute approximate surface area is 177 Å². The van der Waals surface area contributed by atoms with Crippen molar-refractivity contribution in [3.63, 3.8) is 0 Å². The predicted octanol–water partition coefficient (Wildman–Crippen LogP) is 2.16. The van der Waals surface area contributed by atoms with Crippen LogP contribution in [-0.2, 0) is 9.47 Å². The first-order valence-electron chi connectivity index (χ1n) is 10.8. The molecule has 1 unspecified atom stereocenters. The average Bonchev–Trinajstić information content (AvgIpc) is 2.65. The fourth-order valence-corrected chi connectivity index (χ4v) is 3.34. The monoisotopic (exact) mass is 413 g/mol. The molecule has 0 aromatic carbocycles. The van der Waals surface area contributed by atoms with Gasteiger partial charge in [0.2, 0.25) is 0 Å². The van der Waals surface area contributed by atoms with Crippen LogP contribution in [0.15, 0.2) is 4.99 Å². The van der Waals surface area contributed by atoms with Crippen molar-refractivity contribution < 1.29 is 14.3 Å². The van der Waals surface area contributed by atoms with E-state index in [0.717, 1.165) is 58.0 Å². The van der Waals surface area contributed by atoms with Crippen molar-refractivity contribution in [2.45, 2.75) is 58.6 Å². The molecule has 8 heteroatoms. The Morgan fingerprint density at radius 3 is 2.52 bits per heavy atom. The van der Waals surface area contributed by atoms with E-state index >= 15 is 0 Å². The van der Waals surface area contributed by atoms with Gasteiger partial charge in [-0.3, -0.25) is 4.99 Å². The topological polar surface area (TPSA) is 78.4 Å². The van der Waals surface area contributed by atoms with E-state index in [4.69, 9.17) is 9.47 Å².